The molecule has 0 aliphatic heterocycles. The maximum Gasteiger partial charge on any atom is 0.474 e. The molecule has 0 aliphatic rings. The summed E-state index contributed by atoms with van der Waals surface area (Å²) in [5.74, 6) is 0.345. The predicted octanol–water partition coefficient (Wildman–Crippen LogP) is 2.00. The normalized spacial score (nSPS) is 12.1. The van der Waals surface area contributed by atoms with Crippen LogP contribution in [0.5, 0.6) is 0 Å². The molecule has 0 unspecified atom stereocenters. The topological polar surface area (TPSA) is 114 Å². The minimum atomic E-state index is -3.45. The number of anilines is 1. The average Bonchev–Trinajstić information content (AvgIpc) is 2.89. The fourth-order valence-electron chi connectivity index (χ4n) is 1.90. The van der Waals surface area contributed by atoms with E-state index in [1.807, 2.05) is 4.57 Å². The molecule has 2 aromatic rings. The molecule has 0 bridgehead atoms. The second-order valence-electron chi connectivity index (χ2n) is 4.34. The molecule has 2 heterocycles. The smallest absolute Gasteiger partial charge is 0.382 e. The third kappa shape index (κ3) is 4.01. The molecule has 0 spiro atoms. The molecule has 9 nitrogen and oxygen atoms in total. The molecular weight excluding hydrogens is 309 g/mol. The average molecular weight is 329 g/mol. The molecule has 0 fully saturated rings. The second-order valence-corrected chi connectivity index (χ2v) is 6.01. The fraction of sp³-hybridized carbons (Fsp3) is 0.583. The first-order chi connectivity index (χ1) is 10.6. The minimum absolute atomic E-state index is 0.234. The fourth-order valence-corrected chi connectivity index (χ4v) is 3.11. The van der Waals surface area contributed by atoms with E-state index in [0.717, 1.165) is 0 Å². The third-order valence-corrected chi connectivity index (χ3v) is 4.44. The zero-order valence-corrected chi connectivity index (χ0v) is 13.5. The van der Waals surface area contributed by atoms with Crippen molar-refractivity contribution in [2.45, 2.75) is 26.8 Å². The van der Waals surface area contributed by atoms with E-state index in [2.05, 4.69) is 15.0 Å². The highest BCUT2D eigenvalue weighted by Gasteiger charge is 2.24. The molecule has 2 N–H and O–H groups in total. The number of hydrogen-bond acceptors (Lipinski definition) is 8. The van der Waals surface area contributed by atoms with Crippen LogP contribution in [0.4, 0.5) is 5.82 Å². The Kier molecular flexibility index (Phi) is 5.84. The number of nitrogens with zero attached hydrogens (tertiary/aromatic N) is 4. The number of aryl methyl sites for hydroxylation is 1. The Bertz CT molecular complexity index is 652. The van der Waals surface area contributed by atoms with Gasteiger partial charge in [0.2, 0.25) is 0 Å². The Morgan fingerprint density at radius 3 is 2.59 bits per heavy atom. The van der Waals surface area contributed by atoms with Crippen molar-refractivity contribution in [1.29, 1.82) is 0 Å². The van der Waals surface area contributed by atoms with Crippen molar-refractivity contribution in [3.8, 4) is 0 Å². The van der Waals surface area contributed by atoms with Gasteiger partial charge in [0.15, 0.2) is 11.5 Å². The Morgan fingerprint density at radius 1 is 1.18 bits per heavy atom. The van der Waals surface area contributed by atoms with Crippen molar-refractivity contribution in [1.82, 2.24) is 19.5 Å². The number of phosphoric acid groups is 1. The Balaban J connectivity index is 1.90. The lowest BCUT2D eigenvalue weighted by atomic mass is 10.4. The van der Waals surface area contributed by atoms with Gasteiger partial charge in [0, 0.05) is 6.54 Å². The molecule has 0 atom stereocenters. The minimum Gasteiger partial charge on any atom is -0.382 e. The highest BCUT2D eigenvalue weighted by atomic mass is 31.2. The Morgan fingerprint density at radius 2 is 1.91 bits per heavy atom. The first kappa shape index (κ1) is 16.8. The van der Waals surface area contributed by atoms with Gasteiger partial charge in [0.05, 0.1) is 26.1 Å². The van der Waals surface area contributed by atoms with Crippen LogP contribution in [0.15, 0.2) is 12.7 Å². The van der Waals surface area contributed by atoms with Crippen molar-refractivity contribution in [3.63, 3.8) is 0 Å². The van der Waals surface area contributed by atoms with Gasteiger partial charge in [0.25, 0.3) is 0 Å². The van der Waals surface area contributed by atoms with Gasteiger partial charge in [-0.05, 0) is 20.3 Å². The molecule has 0 amide bonds. The van der Waals surface area contributed by atoms with Gasteiger partial charge >= 0.3 is 7.82 Å². The lowest BCUT2D eigenvalue weighted by Gasteiger charge is -2.16. The van der Waals surface area contributed by atoms with Crippen LogP contribution in [0.2, 0.25) is 0 Å². The number of phosphoric ester groups is 1. The van der Waals surface area contributed by atoms with E-state index in [4.69, 9.17) is 19.3 Å². The summed E-state index contributed by atoms with van der Waals surface area (Å²) < 4.78 is 29.3. The van der Waals surface area contributed by atoms with Crippen LogP contribution < -0.4 is 5.73 Å². The van der Waals surface area contributed by atoms with E-state index < -0.39 is 7.82 Å². The predicted molar refractivity (Wildman–Crippen MR) is 81.2 cm³/mol. The van der Waals surface area contributed by atoms with E-state index in [-0.39, 0.29) is 19.8 Å². The molecule has 122 valence electrons. The van der Waals surface area contributed by atoms with Gasteiger partial charge in [-0.25, -0.2) is 19.5 Å². The highest BCUT2D eigenvalue weighted by molar-refractivity contribution is 7.48. The number of aromatic nitrogens is 4. The van der Waals surface area contributed by atoms with E-state index in [1.165, 1.54) is 6.33 Å². The van der Waals surface area contributed by atoms with E-state index >= 15 is 0 Å². The number of rotatable bonds is 9. The largest absolute Gasteiger partial charge is 0.474 e. The second kappa shape index (κ2) is 7.64. The van der Waals surface area contributed by atoms with Crippen LogP contribution in [-0.2, 0) is 24.7 Å². The van der Waals surface area contributed by atoms with Gasteiger partial charge in [0.1, 0.15) is 11.8 Å². The van der Waals surface area contributed by atoms with Crippen LogP contribution in [0, 0.1) is 0 Å². The Hall–Kier alpha value is -1.54. The molecule has 0 aliphatic carbocycles. The number of nitrogen functional groups attached to an aromatic ring is 1. The molecule has 2 aromatic heterocycles. The van der Waals surface area contributed by atoms with Crippen molar-refractivity contribution >= 4 is 24.8 Å². The van der Waals surface area contributed by atoms with Crippen LogP contribution in [0.1, 0.15) is 20.3 Å². The summed E-state index contributed by atoms with van der Waals surface area (Å²) >= 11 is 0. The summed E-state index contributed by atoms with van der Waals surface area (Å²) in [4.78, 5) is 12.2. The van der Waals surface area contributed by atoms with Crippen molar-refractivity contribution < 1.29 is 18.1 Å². The summed E-state index contributed by atoms with van der Waals surface area (Å²) in [6, 6.07) is 0. The lowest BCUT2D eigenvalue weighted by Crippen LogP contribution is -2.05. The standard InChI is InChI=1S/C12H20N5O4P/c1-3-19-22(18,20-4-2)21-7-5-6-17-9-16-10-11(13)14-8-15-12(10)17/h8-9H,3-7H2,1-2H3,(H2,13,14,15). The summed E-state index contributed by atoms with van der Waals surface area (Å²) in [5, 5.41) is 0. The zero-order valence-electron chi connectivity index (χ0n) is 12.6. The van der Waals surface area contributed by atoms with Crippen LogP contribution >= 0.6 is 7.82 Å². The van der Waals surface area contributed by atoms with Crippen molar-refractivity contribution in [2.24, 2.45) is 0 Å². The van der Waals surface area contributed by atoms with E-state index in [1.54, 1.807) is 20.2 Å². The van der Waals surface area contributed by atoms with E-state index in [9.17, 15) is 4.57 Å². The summed E-state index contributed by atoms with van der Waals surface area (Å²) in [7, 11) is -3.45. The SMILES string of the molecule is CCOP(=O)(OCC)OCCCn1cnc2c(N)ncnc21. The van der Waals surface area contributed by atoms with Crippen LogP contribution in [0.25, 0.3) is 11.2 Å². The first-order valence-corrected chi connectivity index (χ1v) is 8.50. The third-order valence-electron chi connectivity index (χ3n) is 2.80. The summed E-state index contributed by atoms with van der Waals surface area (Å²) in [6.07, 6.45) is 3.63. The van der Waals surface area contributed by atoms with Gasteiger partial charge < -0.3 is 10.3 Å². The summed E-state index contributed by atoms with van der Waals surface area (Å²) in [5.41, 5.74) is 6.95. The monoisotopic (exact) mass is 329 g/mol. The van der Waals surface area contributed by atoms with Gasteiger partial charge in [-0.3, -0.25) is 13.6 Å². The number of fused-ring (bicyclic) bond motifs is 1. The number of nitrogens with two attached hydrogens (primary N) is 1. The van der Waals surface area contributed by atoms with Gasteiger partial charge in [-0.1, -0.05) is 0 Å². The summed E-state index contributed by atoms with van der Waals surface area (Å²) in [6.45, 7) is 4.81. The highest BCUT2D eigenvalue weighted by Crippen LogP contribution is 2.49. The maximum absolute atomic E-state index is 12.1. The number of imidazole rings is 1. The van der Waals surface area contributed by atoms with Crippen molar-refractivity contribution in [3.05, 3.63) is 12.7 Å². The maximum atomic E-state index is 12.1. The van der Waals surface area contributed by atoms with E-state index in [0.29, 0.717) is 29.9 Å². The lowest BCUT2D eigenvalue weighted by molar-refractivity contribution is 0.119. The molecule has 0 saturated carbocycles. The molecule has 2 rings (SSSR count). The van der Waals surface area contributed by atoms with Crippen LogP contribution in [0.3, 0.4) is 0 Å². The molecule has 10 heteroatoms. The molecule has 0 radical (unpaired) electrons. The van der Waals surface area contributed by atoms with Gasteiger partial charge in [-0.2, -0.15) is 0 Å². The zero-order chi connectivity index (χ0) is 16.0. The van der Waals surface area contributed by atoms with Crippen LogP contribution in [-0.4, -0.2) is 39.3 Å². The molecule has 0 aromatic carbocycles. The quantitative estimate of drug-likeness (QED) is 0.549. The van der Waals surface area contributed by atoms with Crippen molar-refractivity contribution in [2.75, 3.05) is 25.6 Å². The molecule has 0 saturated heterocycles. The molecule has 22 heavy (non-hydrogen) atoms. The Labute approximate surface area is 128 Å². The number of hydrogen-bond donors (Lipinski definition) is 1. The molecular formula is C12H20N5O4P. The first-order valence-electron chi connectivity index (χ1n) is 7.04. The van der Waals surface area contributed by atoms with Gasteiger partial charge in [-0.15, -0.1) is 0 Å².